The van der Waals surface area contributed by atoms with Crippen LogP contribution in [0.2, 0.25) is 0 Å². The Morgan fingerprint density at radius 2 is 1.84 bits per heavy atom. The molecule has 0 aliphatic carbocycles. The maximum Gasteiger partial charge on any atom is 0.225 e. The van der Waals surface area contributed by atoms with E-state index in [2.05, 4.69) is 46.5 Å². The van der Waals surface area contributed by atoms with Crippen molar-refractivity contribution < 1.29 is 24.5 Å². The lowest BCUT2D eigenvalue weighted by Gasteiger charge is -2.32. The molecule has 3 heterocycles. The van der Waals surface area contributed by atoms with Gasteiger partial charge in [-0.15, -0.1) is 0 Å². The highest BCUT2D eigenvalue weighted by Crippen LogP contribution is 2.24. The Kier molecular flexibility index (Phi) is 11.4. The molecule has 5 rings (SSSR count). The molecule has 0 radical (unpaired) electrons. The average molecular weight is 599 g/mol. The quantitative estimate of drug-likeness (QED) is 0.165. The Morgan fingerprint density at radius 3 is 2.68 bits per heavy atom. The minimum Gasteiger partial charge on any atom is -0.394 e. The molecule has 2 aromatic carbocycles. The summed E-state index contributed by atoms with van der Waals surface area (Å²) in [5.74, 6) is 0.990. The van der Waals surface area contributed by atoms with Crippen LogP contribution in [0.5, 0.6) is 0 Å². The number of anilines is 1. The average Bonchev–Trinajstić information content (AvgIpc) is 3.04. The van der Waals surface area contributed by atoms with Gasteiger partial charge in [0.15, 0.2) is 11.9 Å². The summed E-state index contributed by atoms with van der Waals surface area (Å²) in [6.07, 6.45) is 6.64. The predicted octanol–water partition coefficient (Wildman–Crippen LogP) is 5.83. The molecule has 3 N–H and O–H groups in total. The first-order chi connectivity index (χ1) is 21.4. The van der Waals surface area contributed by atoms with E-state index in [4.69, 9.17) is 14.5 Å². The molecular formula is C35H42N4O5. The third-order valence-corrected chi connectivity index (χ3v) is 7.99. The van der Waals surface area contributed by atoms with Gasteiger partial charge in [0.1, 0.15) is 11.3 Å². The number of carbonyl (C=O) groups is 1. The van der Waals surface area contributed by atoms with Crippen LogP contribution in [0.4, 0.5) is 5.82 Å². The second-order valence-corrected chi connectivity index (χ2v) is 11.7. The molecule has 4 aromatic rings. The molecule has 44 heavy (non-hydrogen) atoms. The summed E-state index contributed by atoms with van der Waals surface area (Å²) in [4.78, 5) is 26.5. The summed E-state index contributed by atoms with van der Waals surface area (Å²) in [6.45, 7) is 2.39. The molecule has 1 fully saturated rings. The minimum atomic E-state index is -0.578. The lowest BCUT2D eigenvalue weighted by atomic mass is 9.96. The number of carbonyl (C=O) groups excluding carboxylic acids is 1. The van der Waals surface area contributed by atoms with E-state index in [0.717, 1.165) is 43.2 Å². The molecular weight excluding hydrogens is 556 g/mol. The Balaban J connectivity index is 1.11. The van der Waals surface area contributed by atoms with Crippen LogP contribution in [0.3, 0.4) is 0 Å². The number of hydrogen-bond acceptors (Lipinski definition) is 8. The van der Waals surface area contributed by atoms with Crippen molar-refractivity contribution in [3.8, 4) is 11.3 Å². The molecule has 1 aliphatic rings. The standard InChI is InChI=1S/C35H42N4O5/c1-24(8-5-12-25-10-3-2-4-11-25)9-6-15-33(42)38-32-17-16-30-35(39-32)37-31(21-36-30)27-14-7-13-26(18-27)23-43-34-20-28(41)19-29(22-40)44-34/h2-4,7,10-11,13-14,16-18,21,24,28-29,34,40-41H,5-6,8-9,12,15,19-20,22-23H2,1H3,(H,37,38,39,42). The number of ether oxygens (including phenoxy) is 2. The smallest absolute Gasteiger partial charge is 0.225 e. The Hall–Kier alpha value is -3.76. The summed E-state index contributed by atoms with van der Waals surface area (Å²) in [6, 6.07) is 21.9. The van der Waals surface area contributed by atoms with Gasteiger partial charge in [-0.2, -0.15) is 0 Å². The zero-order valence-electron chi connectivity index (χ0n) is 25.3. The fraction of sp³-hybridized carbons (Fsp3) is 0.429. The van der Waals surface area contributed by atoms with Gasteiger partial charge in [0, 0.05) is 24.8 Å². The number of pyridine rings is 1. The second-order valence-electron chi connectivity index (χ2n) is 11.7. The number of hydrogen-bond donors (Lipinski definition) is 3. The highest BCUT2D eigenvalue weighted by Gasteiger charge is 2.28. The SMILES string of the molecule is CC(CCCC(=O)Nc1ccc2ncc(-c3cccc(COC4CC(O)CC(CO)O4)c3)nc2n1)CCCc1ccccc1. The molecule has 1 aliphatic heterocycles. The molecule has 9 nitrogen and oxygen atoms in total. The number of benzene rings is 2. The van der Waals surface area contributed by atoms with E-state index in [1.807, 2.05) is 36.4 Å². The van der Waals surface area contributed by atoms with Gasteiger partial charge in [0.2, 0.25) is 5.91 Å². The normalized spacial score (nSPS) is 19.1. The third-order valence-electron chi connectivity index (χ3n) is 7.99. The predicted molar refractivity (Wildman–Crippen MR) is 170 cm³/mol. The van der Waals surface area contributed by atoms with E-state index in [1.54, 1.807) is 12.3 Å². The molecule has 0 spiro atoms. The first-order valence-electron chi connectivity index (χ1n) is 15.6. The largest absolute Gasteiger partial charge is 0.394 e. The van der Waals surface area contributed by atoms with E-state index in [-0.39, 0.29) is 19.1 Å². The first kappa shape index (κ1) is 31.7. The summed E-state index contributed by atoms with van der Waals surface area (Å²) in [5.41, 5.74) is 4.89. The maximum absolute atomic E-state index is 12.6. The van der Waals surface area contributed by atoms with E-state index < -0.39 is 18.5 Å². The number of fused-ring (bicyclic) bond motifs is 1. The zero-order chi connectivity index (χ0) is 30.7. The van der Waals surface area contributed by atoms with Crippen molar-refractivity contribution >= 4 is 22.9 Å². The highest BCUT2D eigenvalue weighted by molar-refractivity contribution is 5.90. The zero-order valence-corrected chi connectivity index (χ0v) is 25.3. The Bertz CT molecular complexity index is 1500. The fourth-order valence-electron chi connectivity index (χ4n) is 5.55. The topological polar surface area (TPSA) is 127 Å². The van der Waals surface area contributed by atoms with Gasteiger partial charge in [-0.05, 0) is 54.5 Å². The van der Waals surface area contributed by atoms with Crippen molar-refractivity contribution in [1.82, 2.24) is 15.0 Å². The van der Waals surface area contributed by atoms with Crippen LogP contribution in [-0.4, -0.2) is 56.2 Å². The minimum absolute atomic E-state index is 0.0510. The molecule has 0 bridgehead atoms. The van der Waals surface area contributed by atoms with Crippen LogP contribution >= 0.6 is 0 Å². The number of nitrogens with one attached hydrogen (secondary N) is 1. The van der Waals surface area contributed by atoms with Crippen LogP contribution in [0.1, 0.15) is 63.0 Å². The molecule has 1 saturated heterocycles. The van der Waals surface area contributed by atoms with Crippen molar-refractivity contribution in [2.45, 2.75) is 83.4 Å². The van der Waals surface area contributed by atoms with Crippen molar-refractivity contribution in [2.75, 3.05) is 11.9 Å². The fourth-order valence-corrected chi connectivity index (χ4v) is 5.55. The van der Waals surface area contributed by atoms with Gasteiger partial charge >= 0.3 is 0 Å². The van der Waals surface area contributed by atoms with Gasteiger partial charge in [0.05, 0.1) is 37.3 Å². The summed E-state index contributed by atoms with van der Waals surface area (Å²) in [7, 11) is 0. The van der Waals surface area contributed by atoms with E-state index in [9.17, 15) is 15.0 Å². The molecule has 1 amide bonds. The number of aryl methyl sites for hydroxylation is 1. The number of amides is 1. The van der Waals surface area contributed by atoms with E-state index >= 15 is 0 Å². The molecule has 4 unspecified atom stereocenters. The lowest BCUT2D eigenvalue weighted by Crippen LogP contribution is -2.38. The molecule has 2 aromatic heterocycles. The van der Waals surface area contributed by atoms with Gasteiger partial charge in [-0.1, -0.05) is 68.3 Å². The van der Waals surface area contributed by atoms with Gasteiger partial charge < -0.3 is 25.0 Å². The van der Waals surface area contributed by atoms with Crippen molar-refractivity contribution in [2.24, 2.45) is 5.92 Å². The Labute approximate surface area is 258 Å². The second kappa shape index (κ2) is 15.8. The number of nitrogens with zero attached hydrogens (tertiary/aromatic N) is 3. The third kappa shape index (κ3) is 9.37. The van der Waals surface area contributed by atoms with E-state index in [1.165, 1.54) is 5.56 Å². The van der Waals surface area contributed by atoms with Crippen molar-refractivity contribution in [3.05, 3.63) is 84.1 Å². The number of aliphatic hydroxyl groups is 2. The summed E-state index contributed by atoms with van der Waals surface area (Å²) >= 11 is 0. The monoisotopic (exact) mass is 598 g/mol. The van der Waals surface area contributed by atoms with Crippen molar-refractivity contribution in [3.63, 3.8) is 0 Å². The lowest BCUT2D eigenvalue weighted by molar-refractivity contribution is -0.226. The molecule has 9 heteroatoms. The van der Waals surface area contributed by atoms with Crippen molar-refractivity contribution in [1.29, 1.82) is 0 Å². The molecule has 0 saturated carbocycles. The summed E-state index contributed by atoms with van der Waals surface area (Å²) in [5, 5.41) is 22.3. The number of aromatic nitrogens is 3. The van der Waals surface area contributed by atoms with E-state index in [0.29, 0.717) is 47.9 Å². The van der Waals surface area contributed by atoms with Crippen LogP contribution in [0.15, 0.2) is 72.9 Å². The highest BCUT2D eigenvalue weighted by atomic mass is 16.7. The van der Waals surface area contributed by atoms with Gasteiger partial charge in [0.25, 0.3) is 0 Å². The number of aliphatic hydroxyl groups excluding tert-OH is 2. The molecule has 4 atom stereocenters. The van der Waals surface area contributed by atoms with Crippen LogP contribution in [0.25, 0.3) is 22.4 Å². The van der Waals surface area contributed by atoms with Gasteiger partial charge in [-0.25, -0.2) is 9.97 Å². The van der Waals surface area contributed by atoms with Crippen LogP contribution in [0, 0.1) is 5.92 Å². The van der Waals surface area contributed by atoms with Crippen LogP contribution in [-0.2, 0) is 27.3 Å². The number of rotatable bonds is 14. The summed E-state index contributed by atoms with van der Waals surface area (Å²) < 4.78 is 11.6. The van der Waals surface area contributed by atoms with Gasteiger partial charge in [-0.3, -0.25) is 9.78 Å². The first-order valence-corrected chi connectivity index (χ1v) is 15.6. The Morgan fingerprint density at radius 1 is 1.02 bits per heavy atom. The molecule has 232 valence electrons. The van der Waals surface area contributed by atoms with Crippen LogP contribution < -0.4 is 5.32 Å². The maximum atomic E-state index is 12.6.